The molecule has 0 radical (unpaired) electrons. The number of aliphatic carboxylic acids is 1. The molecular formula is C20H18Cl2N4O4. The van der Waals surface area contributed by atoms with Crippen LogP contribution in [0.25, 0.3) is 11.1 Å². The first kappa shape index (κ1) is 21.5. The number of primary amides is 2. The Kier molecular flexibility index (Phi) is 6.19. The lowest BCUT2D eigenvalue weighted by atomic mass is 9.85. The minimum absolute atomic E-state index is 0.00700. The monoisotopic (exact) mass is 448 g/mol. The number of carbonyl (C=O) groups excluding carboxylic acids is 2. The van der Waals surface area contributed by atoms with E-state index in [0.717, 1.165) is 5.56 Å². The fourth-order valence-corrected chi connectivity index (χ4v) is 3.97. The van der Waals surface area contributed by atoms with Crippen molar-refractivity contribution in [3.05, 3.63) is 63.1 Å². The van der Waals surface area contributed by atoms with E-state index in [1.54, 1.807) is 30.3 Å². The van der Waals surface area contributed by atoms with Crippen molar-refractivity contribution in [2.45, 2.75) is 19.0 Å². The van der Waals surface area contributed by atoms with E-state index in [4.69, 9.17) is 34.7 Å². The molecule has 8 nitrogen and oxygen atoms in total. The summed E-state index contributed by atoms with van der Waals surface area (Å²) in [6.07, 6.45) is -0.00700. The van der Waals surface area contributed by atoms with Gasteiger partial charge in [0, 0.05) is 29.2 Å². The van der Waals surface area contributed by atoms with Gasteiger partial charge in [-0.2, -0.15) is 0 Å². The number of rotatable bonds is 5. The summed E-state index contributed by atoms with van der Waals surface area (Å²) in [5.74, 6) is -1.82. The zero-order valence-corrected chi connectivity index (χ0v) is 17.1. The second kappa shape index (κ2) is 8.64. The fraction of sp³-hybridized carbons (Fsp3) is 0.150. The van der Waals surface area contributed by atoms with Crippen molar-refractivity contribution in [1.82, 2.24) is 5.32 Å². The van der Waals surface area contributed by atoms with Crippen molar-refractivity contribution >= 4 is 57.9 Å². The summed E-state index contributed by atoms with van der Waals surface area (Å²) < 4.78 is 0. The van der Waals surface area contributed by atoms with Crippen molar-refractivity contribution in [2.24, 2.45) is 11.5 Å². The Bertz CT molecular complexity index is 1070. The number of benzene rings is 2. The van der Waals surface area contributed by atoms with Crippen LogP contribution >= 0.6 is 23.2 Å². The number of amides is 3. The minimum atomic E-state index is -1.09. The van der Waals surface area contributed by atoms with E-state index in [-0.39, 0.29) is 23.6 Å². The average Bonchev–Trinajstić information content (AvgIpc) is 2.66. The van der Waals surface area contributed by atoms with Gasteiger partial charge in [0.2, 0.25) is 5.91 Å². The van der Waals surface area contributed by atoms with E-state index in [1.807, 2.05) is 0 Å². The van der Waals surface area contributed by atoms with Crippen molar-refractivity contribution in [3.8, 4) is 0 Å². The molecule has 30 heavy (non-hydrogen) atoms. The molecule has 1 heterocycles. The Morgan fingerprint density at radius 3 is 2.37 bits per heavy atom. The van der Waals surface area contributed by atoms with Crippen LogP contribution in [0.3, 0.4) is 0 Å². The van der Waals surface area contributed by atoms with Gasteiger partial charge in [-0.05, 0) is 28.8 Å². The smallest absolute Gasteiger partial charge is 0.326 e. The Labute approximate surface area is 181 Å². The molecule has 10 heteroatoms. The lowest BCUT2D eigenvalue weighted by molar-refractivity contribution is -0.137. The number of nitrogens with two attached hydrogens (primary N) is 2. The average molecular weight is 449 g/mol. The van der Waals surface area contributed by atoms with E-state index in [9.17, 15) is 19.5 Å². The second-order valence-electron chi connectivity index (χ2n) is 6.68. The number of carbonyl (C=O) groups is 3. The summed E-state index contributed by atoms with van der Waals surface area (Å²) >= 11 is 12.5. The molecule has 1 atom stereocenters. The first-order valence-corrected chi connectivity index (χ1v) is 9.57. The Hall–Kier alpha value is -3.23. The van der Waals surface area contributed by atoms with Crippen LogP contribution in [0.5, 0.6) is 0 Å². The molecule has 0 fully saturated rings. The third kappa shape index (κ3) is 4.50. The maximum Gasteiger partial charge on any atom is 0.326 e. The summed E-state index contributed by atoms with van der Waals surface area (Å²) in [6.45, 7) is 0.219. The van der Waals surface area contributed by atoms with Crippen molar-refractivity contribution < 1.29 is 19.5 Å². The lowest BCUT2D eigenvalue weighted by Gasteiger charge is -2.29. The summed E-state index contributed by atoms with van der Waals surface area (Å²) in [5.41, 5.74) is 13.4. The van der Waals surface area contributed by atoms with E-state index < -0.39 is 23.9 Å². The third-order valence-electron chi connectivity index (χ3n) is 4.65. The predicted molar refractivity (Wildman–Crippen MR) is 115 cm³/mol. The van der Waals surface area contributed by atoms with Crippen LogP contribution < -0.4 is 22.1 Å². The van der Waals surface area contributed by atoms with Gasteiger partial charge in [0.15, 0.2) is 0 Å². The highest BCUT2D eigenvalue weighted by Crippen LogP contribution is 2.43. The molecule has 7 N–H and O–H groups in total. The second-order valence-corrected chi connectivity index (χ2v) is 7.53. The summed E-state index contributed by atoms with van der Waals surface area (Å²) in [7, 11) is 0. The molecule has 1 aliphatic heterocycles. The third-order valence-corrected chi connectivity index (χ3v) is 5.17. The Balaban J connectivity index is 2.15. The van der Waals surface area contributed by atoms with E-state index in [0.29, 0.717) is 27.4 Å². The van der Waals surface area contributed by atoms with Gasteiger partial charge in [0.1, 0.15) is 6.04 Å². The maximum atomic E-state index is 12.4. The van der Waals surface area contributed by atoms with Crippen LogP contribution in [0.1, 0.15) is 23.1 Å². The molecule has 1 aliphatic rings. The van der Waals surface area contributed by atoms with Crippen LogP contribution in [0.2, 0.25) is 10.0 Å². The number of hydrogen-bond acceptors (Lipinski definition) is 4. The van der Waals surface area contributed by atoms with E-state index >= 15 is 0 Å². The molecule has 3 amide bonds. The number of anilines is 1. The number of halogens is 2. The molecule has 3 rings (SSSR count). The fourth-order valence-electron chi connectivity index (χ4n) is 3.36. The van der Waals surface area contributed by atoms with Gasteiger partial charge < -0.3 is 27.2 Å². The number of carboxylic acid groups (broad SMARTS) is 1. The molecule has 0 saturated carbocycles. The van der Waals surface area contributed by atoms with Crippen LogP contribution in [0.4, 0.5) is 10.5 Å². The first-order chi connectivity index (χ1) is 14.2. The number of fused-ring (bicyclic) bond motifs is 1. The molecule has 0 aromatic heterocycles. The summed E-state index contributed by atoms with van der Waals surface area (Å²) in [6, 6.07) is 8.15. The lowest BCUT2D eigenvalue weighted by Crippen LogP contribution is -2.33. The normalized spacial score (nSPS) is 16.8. The molecule has 0 spiro atoms. The van der Waals surface area contributed by atoms with Crippen molar-refractivity contribution in [1.29, 1.82) is 0 Å². The van der Waals surface area contributed by atoms with Gasteiger partial charge in [-0.3, -0.25) is 4.79 Å². The molecule has 0 aliphatic carbocycles. The van der Waals surface area contributed by atoms with Gasteiger partial charge in [0.25, 0.3) is 0 Å². The molecule has 2 aromatic carbocycles. The zero-order valence-electron chi connectivity index (χ0n) is 15.5. The Morgan fingerprint density at radius 1 is 1.13 bits per heavy atom. The molecular weight excluding hydrogens is 431 g/mol. The number of hydrogen-bond donors (Lipinski definition) is 5. The standard InChI is InChI=1S/C20H18Cl2N4O4/c21-11-5-13(22)17-12(7-15(19(28)29)26-14(17)6-11)16(18(23)27)10-3-1-9(2-4-10)8-25-20(24)30/h1-6,15,26H,7-8H2,(H2,23,27)(H,28,29)(H3,24,25,30)/b16-12-. The largest absolute Gasteiger partial charge is 0.480 e. The molecule has 156 valence electrons. The quantitative estimate of drug-likeness (QED) is 0.446. The van der Waals surface area contributed by atoms with Crippen LogP contribution in [0.15, 0.2) is 36.4 Å². The van der Waals surface area contributed by atoms with Gasteiger partial charge in [-0.15, -0.1) is 0 Å². The van der Waals surface area contributed by atoms with E-state index in [1.165, 1.54) is 6.07 Å². The van der Waals surface area contributed by atoms with Gasteiger partial charge in [-0.1, -0.05) is 47.5 Å². The van der Waals surface area contributed by atoms with Gasteiger partial charge in [0.05, 0.1) is 10.6 Å². The zero-order chi connectivity index (χ0) is 22.0. The Morgan fingerprint density at radius 2 is 1.80 bits per heavy atom. The topological polar surface area (TPSA) is 148 Å². The highest BCUT2D eigenvalue weighted by Gasteiger charge is 2.32. The molecule has 2 aromatic rings. The van der Waals surface area contributed by atoms with Crippen molar-refractivity contribution in [2.75, 3.05) is 5.32 Å². The molecule has 0 saturated heterocycles. The van der Waals surface area contributed by atoms with Crippen molar-refractivity contribution in [3.63, 3.8) is 0 Å². The van der Waals surface area contributed by atoms with E-state index in [2.05, 4.69) is 10.6 Å². The van der Waals surface area contributed by atoms with Gasteiger partial charge in [-0.25, -0.2) is 9.59 Å². The first-order valence-electron chi connectivity index (χ1n) is 8.81. The summed E-state index contributed by atoms with van der Waals surface area (Å²) in [4.78, 5) is 35.0. The minimum Gasteiger partial charge on any atom is -0.480 e. The van der Waals surface area contributed by atoms with Crippen LogP contribution in [0, 0.1) is 0 Å². The van der Waals surface area contributed by atoms with Crippen LogP contribution in [-0.4, -0.2) is 29.1 Å². The van der Waals surface area contributed by atoms with Crippen LogP contribution in [-0.2, 0) is 16.1 Å². The molecule has 0 bridgehead atoms. The van der Waals surface area contributed by atoms with Gasteiger partial charge >= 0.3 is 12.0 Å². The molecule has 1 unspecified atom stereocenters. The SMILES string of the molecule is NC(=O)NCc1ccc(/C(C(N)=O)=C2\CC(C(=O)O)Nc3cc(Cl)cc(Cl)c32)cc1. The predicted octanol–water partition coefficient (Wildman–Crippen LogP) is 2.83. The number of urea groups is 1. The summed E-state index contributed by atoms with van der Waals surface area (Å²) in [5, 5.41) is 15.5. The highest BCUT2D eigenvalue weighted by molar-refractivity contribution is 6.38. The highest BCUT2D eigenvalue weighted by atomic mass is 35.5. The maximum absolute atomic E-state index is 12.4. The number of carboxylic acids is 1. The number of nitrogens with one attached hydrogen (secondary N) is 2.